The van der Waals surface area contributed by atoms with Gasteiger partial charge in [-0.25, -0.2) is 0 Å². The monoisotopic (exact) mass is 224 g/mol. The highest BCUT2D eigenvalue weighted by Crippen LogP contribution is 2.50. The lowest BCUT2D eigenvalue weighted by atomic mass is 9.82. The van der Waals surface area contributed by atoms with Gasteiger partial charge in [0, 0.05) is 6.42 Å². The van der Waals surface area contributed by atoms with Gasteiger partial charge in [-0.1, -0.05) is 0 Å². The molecular formula is C12H16O4. The Balaban J connectivity index is 2.23. The van der Waals surface area contributed by atoms with E-state index < -0.39 is 11.5 Å². The van der Waals surface area contributed by atoms with Crippen LogP contribution >= 0.6 is 0 Å². The second-order valence-electron chi connectivity index (χ2n) is 4.33. The number of allylic oxidation sites excluding steroid dienone is 1. The molecule has 4 nitrogen and oxygen atoms in total. The molecule has 1 aliphatic heterocycles. The number of fused-ring (bicyclic) bond motifs is 1. The summed E-state index contributed by atoms with van der Waals surface area (Å²) in [5.41, 5.74) is -0.674. The van der Waals surface area contributed by atoms with E-state index in [0.29, 0.717) is 25.2 Å². The number of carbonyl (C=O) groups excluding carboxylic acids is 2. The Morgan fingerprint density at radius 2 is 2.38 bits per heavy atom. The summed E-state index contributed by atoms with van der Waals surface area (Å²) in [5, 5.41) is 0. The summed E-state index contributed by atoms with van der Waals surface area (Å²) in [5.74, 6) is 0.368. The standard InChI is InChI=1S/C12H16O4/c1-3-15-11(14)12-6-4-5-10(12)16-9(7-12)8(2)13/h5,9H,3-4,6-7H2,1-2H3. The predicted octanol–water partition coefficient (Wildman–Crippen LogP) is 1.59. The molecule has 1 aliphatic carbocycles. The SMILES string of the molecule is CCOC(=O)C12CCC=C1OC(C(C)=O)C2. The van der Waals surface area contributed by atoms with Crippen molar-refractivity contribution in [1.82, 2.24) is 0 Å². The largest absolute Gasteiger partial charge is 0.486 e. The molecule has 2 atom stereocenters. The van der Waals surface area contributed by atoms with E-state index in [0.717, 1.165) is 6.42 Å². The Morgan fingerprint density at radius 1 is 1.62 bits per heavy atom. The first-order valence-electron chi connectivity index (χ1n) is 5.65. The first-order chi connectivity index (χ1) is 7.60. The number of rotatable bonds is 3. The molecule has 1 fully saturated rings. The Labute approximate surface area is 94.6 Å². The Hall–Kier alpha value is -1.32. The molecule has 16 heavy (non-hydrogen) atoms. The Morgan fingerprint density at radius 3 is 3.00 bits per heavy atom. The van der Waals surface area contributed by atoms with Crippen LogP contribution in [0.3, 0.4) is 0 Å². The smallest absolute Gasteiger partial charge is 0.319 e. The van der Waals surface area contributed by atoms with Crippen molar-refractivity contribution in [1.29, 1.82) is 0 Å². The third kappa shape index (κ3) is 1.52. The second-order valence-corrected chi connectivity index (χ2v) is 4.33. The number of ether oxygens (including phenoxy) is 2. The molecule has 0 bridgehead atoms. The van der Waals surface area contributed by atoms with E-state index in [1.165, 1.54) is 6.92 Å². The van der Waals surface area contributed by atoms with E-state index in [4.69, 9.17) is 9.47 Å². The fraction of sp³-hybridized carbons (Fsp3) is 0.667. The number of ketones is 1. The van der Waals surface area contributed by atoms with Crippen LogP contribution < -0.4 is 0 Å². The minimum atomic E-state index is -0.674. The zero-order chi connectivity index (χ0) is 11.8. The van der Waals surface area contributed by atoms with E-state index in [9.17, 15) is 9.59 Å². The van der Waals surface area contributed by atoms with Crippen molar-refractivity contribution in [3.8, 4) is 0 Å². The minimum absolute atomic E-state index is 0.0287. The fourth-order valence-electron chi connectivity index (χ4n) is 2.43. The topological polar surface area (TPSA) is 52.6 Å². The first-order valence-corrected chi connectivity index (χ1v) is 5.65. The average Bonchev–Trinajstić information content (AvgIpc) is 2.73. The molecule has 0 amide bonds. The van der Waals surface area contributed by atoms with Crippen LogP contribution in [-0.2, 0) is 19.1 Å². The first kappa shape index (κ1) is 11.2. The van der Waals surface area contributed by atoms with Gasteiger partial charge in [-0.3, -0.25) is 9.59 Å². The molecule has 1 heterocycles. The Bertz CT molecular complexity index is 358. The van der Waals surface area contributed by atoms with Crippen LogP contribution in [0.5, 0.6) is 0 Å². The maximum absolute atomic E-state index is 12.0. The highest BCUT2D eigenvalue weighted by atomic mass is 16.5. The molecule has 0 spiro atoms. The van der Waals surface area contributed by atoms with Crippen LogP contribution in [-0.4, -0.2) is 24.5 Å². The third-order valence-electron chi connectivity index (χ3n) is 3.30. The van der Waals surface area contributed by atoms with Crippen molar-refractivity contribution in [2.24, 2.45) is 5.41 Å². The molecule has 0 aromatic heterocycles. The molecule has 0 aromatic carbocycles. The summed E-state index contributed by atoms with van der Waals surface area (Å²) in [4.78, 5) is 23.3. The van der Waals surface area contributed by atoms with E-state index in [2.05, 4.69) is 0 Å². The average molecular weight is 224 g/mol. The van der Waals surface area contributed by atoms with Gasteiger partial charge in [0.05, 0.1) is 6.61 Å². The number of esters is 1. The van der Waals surface area contributed by atoms with Crippen LogP contribution in [0.2, 0.25) is 0 Å². The van der Waals surface area contributed by atoms with Crippen LogP contribution in [0.15, 0.2) is 11.8 Å². The van der Waals surface area contributed by atoms with Gasteiger partial charge in [0.15, 0.2) is 11.9 Å². The number of carbonyl (C=O) groups is 2. The van der Waals surface area contributed by atoms with Crippen LogP contribution in [0.1, 0.15) is 33.1 Å². The fourth-order valence-corrected chi connectivity index (χ4v) is 2.43. The highest BCUT2D eigenvalue weighted by molar-refractivity contribution is 5.86. The lowest BCUT2D eigenvalue weighted by Crippen LogP contribution is -2.31. The van der Waals surface area contributed by atoms with Gasteiger partial charge < -0.3 is 9.47 Å². The van der Waals surface area contributed by atoms with Crippen molar-refractivity contribution in [2.45, 2.75) is 39.2 Å². The third-order valence-corrected chi connectivity index (χ3v) is 3.30. The molecule has 2 unspecified atom stereocenters. The van der Waals surface area contributed by atoms with Crippen molar-refractivity contribution < 1.29 is 19.1 Å². The minimum Gasteiger partial charge on any atom is -0.486 e. The maximum Gasteiger partial charge on any atom is 0.319 e. The summed E-state index contributed by atoms with van der Waals surface area (Å²) in [6.45, 7) is 3.63. The van der Waals surface area contributed by atoms with E-state index in [1.54, 1.807) is 6.92 Å². The van der Waals surface area contributed by atoms with E-state index in [1.807, 2.05) is 6.08 Å². The molecule has 88 valence electrons. The van der Waals surface area contributed by atoms with Gasteiger partial charge >= 0.3 is 5.97 Å². The molecule has 2 aliphatic rings. The lowest BCUT2D eigenvalue weighted by molar-refractivity contribution is -0.153. The number of hydrogen-bond donors (Lipinski definition) is 0. The maximum atomic E-state index is 12.0. The van der Waals surface area contributed by atoms with Crippen LogP contribution in [0.4, 0.5) is 0 Å². The number of Topliss-reactive ketones (excluding diaryl/α,β-unsaturated/α-hetero) is 1. The molecule has 4 heteroatoms. The molecular weight excluding hydrogens is 208 g/mol. The molecule has 0 radical (unpaired) electrons. The Kier molecular flexibility index (Phi) is 2.74. The van der Waals surface area contributed by atoms with Gasteiger partial charge in [-0.15, -0.1) is 0 Å². The van der Waals surface area contributed by atoms with Gasteiger partial charge in [-0.2, -0.15) is 0 Å². The molecule has 0 saturated carbocycles. The molecule has 1 saturated heterocycles. The summed E-state index contributed by atoms with van der Waals surface area (Å²) < 4.78 is 10.6. The summed E-state index contributed by atoms with van der Waals surface area (Å²) >= 11 is 0. The van der Waals surface area contributed by atoms with Crippen molar-refractivity contribution >= 4 is 11.8 Å². The van der Waals surface area contributed by atoms with Crippen molar-refractivity contribution in [3.05, 3.63) is 11.8 Å². The quantitative estimate of drug-likeness (QED) is 0.683. The van der Waals surface area contributed by atoms with Crippen LogP contribution in [0.25, 0.3) is 0 Å². The van der Waals surface area contributed by atoms with Crippen LogP contribution in [0, 0.1) is 5.41 Å². The summed E-state index contributed by atoms with van der Waals surface area (Å²) in [6, 6.07) is 0. The molecule has 0 N–H and O–H groups in total. The zero-order valence-corrected chi connectivity index (χ0v) is 9.62. The lowest BCUT2D eigenvalue weighted by Gasteiger charge is -2.21. The summed E-state index contributed by atoms with van der Waals surface area (Å²) in [7, 11) is 0. The van der Waals surface area contributed by atoms with E-state index in [-0.39, 0.29) is 11.8 Å². The van der Waals surface area contributed by atoms with Gasteiger partial charge in [-0.05, 0) is 32.8 Å². The second kappa shape index (κ2) is 3.92. The number of hydrogen-bond acceptors (Lipinski definition) is 4. The van der Waals surface area contributed by atoms with Crippen molar-refractivity contribution in [2.75, 3.05) is 6.61 Å². The van der Waals surface area contributed by atoms with Gasteiger partial charge in [0.25, 0.3) is 0 Å². The summed E-state index contributed by atoms with van der Waals surface area (Å²) in [6.07, 6.45) is 3.38. The van der Waals surface area contributed by atoms with E-state index >= 15 is 0 Å². The molecule has 2 rings (SSSR count). The molecule has 0 aromatic rings. The normalized spacial score (nSPS) is 31.6. The highest BCUT2D eigenvalue weighted by Gasteiger charge is 2.55. The van der Waals surface area contributed by atoms with Gasteiger partial charge in [0.2, 0.25) is 0 Å². The van der Waals surface area contributed by atoms with Gasteiger partial charge in [0.1, 0.15) is 11.2 Å². The predicted molar refractivity (Wildman–Crippen MR) is 56.6 cm³/mol. The van der Waals surface area contributed by atoms with Crippen molar-refractivity contribution in [3.63, 3.8) is 0 Å². The zero-order valence-electron chi connectivity index (χ0n) is 9.62.